The monoisotopic (exact) mass is 172 g/mol. The van der Waals surface area contributed by atoms with Gasteiger partial charge in [-0.05, 0) is 31.1 Å². The minimum Gasteiger partial charge on any atom is -0.123 e. The predicted molar refractivity (Wildman–Crippen MR) is 51.0 cm³/mol. The molecule has 1 heteroatoms. The van der Waals surface area contributed by atoms with E-state index in [1.807, 2.05) is 0 Å². The summed E-state index contributed by atoms with van der Waals surface area (Å²) in [6.45, 7) is 6.69. The molecular formula is C10H17Cl. The molecule has 0 radical (unpaired) electrons. The molecule has 0 saturated carbocycles. The lowest BCUT2D eigenvalue weighted by molar-refractivity contribution is 0.192. The molecule has 0 bridgehead atoms. The van der Waals surface area contributed by atoms with Gasteiger partial charge in [0.2, 0.25) is 0 Å². The third kappa shape index (κ3) is 1.61. The van der Waals surface area contributed by atoms with Gasteiger partial charge in [0.05, 0.1) is 0 Å². The Hall–Kier alpha value is 0.0300. The molecule has 3 unspecified atom stereocenters. The van der Waals surface area contributed by atoms with Crippen molar-refractivity contribution in [1.29, 1.82) is 0 Å². The van der Waals surface area contributed by atoms with Gasteiger partial charge in [-0.1, -0.05) is 26.0 Å². The van der Waals surface area contributed by atoms with E-state index in [4.69, 9.17) is 11.6 Å². The fourth-order valence-corrected chi connectivity index (χ4v) is 1.97. The van der Waals surface area contributed by atoms with Crippen molar-refractivity contribution in [2.24, 2.45) is 11.3 Å². The van der Waals surface area contributed by atoms with E-state index in [9.17, 15) is 0 Å². The van der Waals surface area contributed by atoms with Crippen molar-refractivity contribution in [3.8, 4) is 0 Å². The van der Waals surface area contributed by atoms with E-state index in [1.165, 1.54) is 6.42 Å². The van der Waals surface area contributed by atoms with Crippen LogP contribution in [0.4, 0.5) is 0 Å². The summed E-state index contributed by atoms with van der Waals surface area (Å²) < 4.78 is 0. The first-order valence-corrected chi connectivity index (χ1v) is 4.80. The quantitative estimate of drug-likeness (QED) is 0.419. The normalized spacial score (nSPS) is 40.5. The van der Waals surface area contributed by atoms with Gasteiger partial charge < -0.3 is 0 Å². The van der Waals surface area contributed by atoms with Crippen molar-refractivity contribution < 1.29 is 0 Å². The van der Waals surface area contributed by atoms with Crippen molar-refractivity contribution in [2.75, 3.05) is 0 Å². The molecule has 64 valence electrons. The summed E-state index contributed by atoms with van der Waals surface area (Å²) in [4.78, 5) is 0. The minimum atomic E-state index is 0.280. The molecule has 0 heterocycles. The van der Waals surface area contributed by atoms with Crippen LogP contribution in [0.25, 0.3) is 0 Å². The van der Waals surface area contributed by atoms with Gasteiger partial charge in [-0.15, -0.1) is 11.6 Å². The Bertz CT molecular complexity index is 160. The summed E-state index contributed by atoms with van der Waals surface area (Å²) in [5.41, 5.74) is 0.316. The third-order valence-corrected chi connectivity index (χ3v) is 3.75. The second-order valence-corrected chi connectivity index (χ2v) is 4.59. The fraction of sp³-hybridized carbons (Fsp3) is 0.800. The van der Waals surface area contributed by atoms with Gasteiger partial charge in [0.25, 0.3) is 0 Å². The highest BCUT2D eigenvalue weighted by Gasteiger charge is 2.35. The zero-order valence-corrected chi connectivity index (χ0v) is 8.36. The van der Waals surface area contributed by atoms with Crippen molar-refractivity contribution in [3.63, 3.8) is 0 Å². The van der Waals surface area contributed by atoms with Crippen LogP contribution in [0.2, 0.25) is 0 Å². The summed E-state index contributed by atoms with van der Waals surface area (Å²) >= 11 is 6.16. The van der Waals surface area contributed by atoms with Crippen LogP contribution in [0.1, 0.15) is 33.6 Å². The zero-order chi connectivity index (χ0) is 8.48. The molecule has 11 heavy (non-hydrogen) atoms. The number of halogens is 1. The molecule has 1 aliphatic rings. The number of alkyl halides is 1. The Kier molecular flexibility index (Phi) is 2.64. The second-order valence-electron chi connectivity index (χ2n) is 3.93. The van der Waals surface area contributed by atoms with E-state index in [1.54, 1.807) is 0 Å². The van der Waals surface area contributed by atoms with Gasteiger partial charge in [-0.2, -0.15) is 0 Å². The molecule has 1 aliphatic carbocycles. The van der Waals surface area contributed by atoms with E-state index in [-0.39, 0.29) is 5.38 Å². The molecule has 1 rings (SSSR count). The number of allylic oxidation sites excluding steroid dienone is 2. The maximum atomic E-state index is 6.16. The lowest BCUT2D eigenvalue weighted by Gasteiger charge is -2.39. The van der Waals surface area contributed by atoms with E-state index < -0.39 is 0 Å². The highest BCUT2D eigenvalue weighted by molar-refractivity contribution is 6.20. The van der Waals surface area contributed by atoms with E-state index in [2.05, 4.69) is 32.9 Å². The molecule has 0 aromatic rings. The molecule has 0 fully saturated rings. The van der Waals surface area contributed by atoms with Crippen LogP contribution >= 0.6 is 11.6 Å². The third-order valence-electron chi connectivity index (χ3n) is 3.25. The standard InChI is InChI=1S/C10H17Cl/c1-8-6-4-5-7-10(8,3)9(2)11/h4-5,8-9H,6-7H2,1-3H3. The Labute approximate surface area is 74.6 Å². The van der Waals surface area contributed by atoms with Gasteiger partial charge in [0, 0.05) is 5.38 Å². The summed E-state index contributed by atoms with van der Waals surface area (Å²) in [6, 6.07) is 0. The molecule has 0 N–H and O–H groups in total. The molecule has 0 saturated heterocycles. The average Bonchev–Trinajstić information content (AvgIpc) is 1.95. The Morgan fingerprint density at radius 1 is 1.55 bits per heavy atom. The van der Waals surface area contributed by atoms with Crippen molar-refractivity contribution in [1.82, 2.24) is 0 Å². The molecule has 0 aromatic heterocycles. The van der Waals surface area contributed by atoms with E-state index in [0.717, 1.165) is 12.3 Å². The number of rotatable bonds is 1. The van der Waals surface area contributed by atoms with Crippen LogP contribution in [0.15, 0.2) is 12.2 Å². The molecule has 0 amide bonds. The van der Waals surface area contributed by atoms with Crippen molar-refractivity contribution >= 4 is 11.6 Å². The second kappa shape index (κ2) is 3.18. The summed E-state index contributed by atoms with van der Waals surface area (Å²) in [6.07, 6.45) is 6.86. The van der Waals surface area contributed by atoms with Crippen LogP contribution in [0, 0.1) is 11.3 Å². The maximum Gasteiger partial charge on any atom is 0.0367 e. The van der Waals surface area contributed by atoms with Crippen molar-refractivity contribution in [2.45, 2.75) is 39.0 Å². The molecule has 0 nitrogen and oxygen atoms in total. The highest BCUT2D eigenvalue weighted by atomic mass is 35.5. The Balaban J connectivity index is 2.75. The van der Waals surface area contributed by atoms with Gasteiger partial charge in [0.15, 0.2) is 0 Å². The van der Waals surface area contributed by atoms with Gasteiger partial charge >= 0.3 is 0 Å². The number of hydrogen-bond acceptors (Lipinski definition) is 0. The predicted octanol–water partition coefficient (Wildman–Crippen LogP) is 3.61. The van der Waals surface area contributed by atoms with Crippen LogP contribution in [-0.2, 0) is 0 Å². The summed E-state index contributed by atoms with van der Waals surface area (Å²) in [5.74, 6) is 0.722. The first kappa shape index (κ1) is 9.12. The number of hydrogen-bond donors (Lipinski definition) is 0. The lowest BCUT2D eigenvalue weighted by atomic mass is 9.69. The van der Waals surface area contributed by atoms with Crippen molar-refractivity contribution in [3.05, 3.63) is 12.2 Å². The molecule has 0 spiro atoms. The Morgan fingerprint density at radius 2 is 2.18 bits per heavy atom. The maximum absolute atomic E-state index is 6.16. The average molecular weight is 173 g/mol. The van der Waals surface area contributed by atoms with Crippen LogP contribution < -0.4 is 0 Å². The van der Waals surface area contributed by atoms with Crippen LogP contribution in [0.3, 0.4) is 0 Å². The Morgan fingerprint density at radius 3 is 2.55 bits per heavy atom. The molecule has 0 aliphatic heterocycles. The highest BCUT2D eigenvalue weighted by Crippen LogP contribution is 2.42. The zero-order valence-electron chi connectivity index (χ0n) is 7.60. The van der Waals surface area contributed by atoms with Crippen LogP contribution in [0.5, 0.6) is 0 Å². The smallest absolute Gasteiger partial charge is 0.0367 e. The van der Waals surface area contributed by atoms with Crippen LogP contribution in [-0.4, -0.2) is 5.38 Å². The summed E-state index contributed by atoms with van der Waals surface area (Å²) in [5, 5.41) is 0.280. The topological polar surface area (TPSA) is 0 Å². The molecular weight excluding hydrogens is 156 g/mol. The first-order valence-electron chi connectivity index (χ1n) is 4.36. The first-order chi connectivity index (χ1) is 5.07. The van der Waals surface area contributed by atoms with Gasteiger partial charge in [-0.25, -0.2) is 0 Å². The minimum absolute atomic E-state index is 0.280. The summed E-state index contributed by atoms with van der Waals surface area (Å²) in [7, 11) is 0. The van der Waals surface area contributed by atoms with Gasteiger partial charge in [0.1, 0.15) is 0 Å². The largest absolute Gasteiger partial charge is 0.123 e. The van der Waals surface area contributed by atoms with Gasteiger partial charge in [-0.3, -0.25) is 0 Å². The van der Waals surface area contributed by atoms with E-state index >= 15 is 0 Å². The lowest BCUT2D eigenvalue weighted by Crippen LogP contribution is -2.34. The van der Waals surface area contributed by atoms with E-state index in [0.29, 0.717) is 5.41 Å². The SMILES string of the molecule is CC(Cl)C1(C)CC=CCC1C. The molecule has 3 atom stereocenters. The molecule has 0 aromatic carbocycles. The fourth-order valence-electron chi connectivity index (χ4n) is 1.66.